The molecule has 1 amide bonds. The zero-order valence-electron chi connectivity index (χ0n) is 15.5. The molecule has 0 fully saturated rings. The fourth-order valence-electron chi connectivity index (χ4n) is 2.99. The fourth-order valence-corrected chi connectivity index (χ4v) is 2.99. The van der Waals surface area contributed by atoms with E-state index in [1.165, 1.54) is 5.56 Å². The van der Waals surface area contributed by atoms with E-state index in [4.69, 9.17) is 10.5 Å². The zero-order chi connectivity index (χ0) is 19.1. The van der Waals surface area contributed by atoms with Crippen LogP contribution in [0.15, 0.2) is 66.9 Å². The molecule has 0 bridgehead atoms. The Labute approximate surface area is 160 Å². The van der Waals surface area contributed by atoms with Crippen LogP contribution in [-0.2, 0) is 19.4 Å². The summed E-state index contributed by atoms with van der Waals surface area (Å²) in [6.45, 7) is 2.68. The van der Waals surface area contributed by atoms with Crippen LogP contribution < -0.4 is 10.5 Å². The Morgan fingerprint density at radius 2 is 1.81 bits per heavy atom. The molecule has 3 aromatic rings. The van der Waals surface area contributed by atoms with Crippen LogP contribution >= 0.6 is 0 Å². The molecule has 0 unspecified atom stereocenters. The third-order valence-corrected chi connectivity index (χ3v) is 4.39. The minimum atomic E-state index is -0.415. The third kappa shape index (κ3) is 5.17. The van der Waals surface area contributed by atoms with Crippen molar-refractivity contribution >= 4 is 5.91 Å². The predicted molar refractivity (Wildman–Crippen MR) is 107 cm³/mol. The lowest BCUT2D eigenvalue weighted by Crippen LogP contribution is -2.10. The lowest BCUT2D eigenvalue weighted by atomic mass is 10.1. The van der Waals surface area contributed by atoms with E-state index in [2.05, 4.69) is 24.0 Å². The van der Waals surface area contributed by atoms with Crippen LogP contribution in [0.2, 0.25) is 0 Å². The Morgan fingerprint density at radius 3 is 2.56 bits per heavy atom. The number of primary amides is 1. The summed E-state index contributed by atoms with van der Waals surface area (Å²) in [5, 5.41) is 0. The average molecular weight is 360 g/mol. The van der Waals surface area contributed by atoms with Crippen LogP contribution in [0.1, 0.15) is 46.1 Å². The summed E-state index contributed by atoms with van der Waals surface area (Å²) in [6.07, 6.45) is 4.61. The molecule has 3 rings (SSSR count). The first-order valence-electron chi connectivity index (χ1n) is 9.19. The van der Waals surface area contributed by atoms with Crippen LogP contribution in [0.3, 0.4) is 0 Å². The van der Waals surface area contributed by atoms with E-state index in [0.717, 1.165) is 35.4 Å². The Balaban J connectivity index is 1.66. The number of ether oxygens (including phenoxy) is 1. The Kier molecular flexibility index (Phi) is 6.21. The largest absolute Gasteiger partial charge is 0.489 e. The molecule has 4 nitrogen and oxygen atoms in total. The highest BCUT2D eigenvalue weighted by Gasteiger charge is 2.05. The number of pyridine rings is 1. The number of hydrogen-bond acceptors (Lipinski definition) is 3. The van der Waals surface area contributed by atoms with Crippen molar-refractivity contribution in [2.75, 3.05) is 0 Å². The number of carbonyl (C=O) groups is 1. The molecule has 0 spiro atoms. The smallest absolute Gasteiger partial charge is 0.248 e. The van der Waals surface area contributed by atoms with Gasteiger partial charge < -0.3 is 10.5 Å². The first kappa shape index (κ1) is 18.6. The number of nitrogens with zero attached hydrogens (tertiary/aromatic N) is 1. The maximum absolute atomic E-state index is 11.2. The van der Waals surface area contributed by atoms with Crippen molar-refractivity contribution in [2.24, 2.45) is 5.73 Å². The maximum Gasteiger partial charge on any atom is 0.248 e. The SMILES string of the molecule is CCCc1ccccc1OCc1ccnc(Cc2ccc(C(N)=O)cc2)c1. The van der Waals surface area contributed by atoms with Gasteiger partial charge in [0.25, 0.3) is 0 Å². The molecule has 2 N–H and O–H groups in total. The summed E-state index contributed by atoms with van der Waals surface area (Å²) in [5.74, 6) is 0.530. The number of hydrogen-bond donors (Lipinski definition) is 1. The van der Waals surface area contributed by atoms with Gasteiger partial charge >= 0.3 is 0 Å². The number of aryl methyl sites for hydroxylation is 1. The van der Waals surface area contributed by atoms with Crippen LogP contribution in [0.4, 0.5) is 0 Å². The Morgan fingerprint density at radius 1 is 1.04 bits per heavy atom. The van der Waals surface area contributed by atoms with Crippen LogP contribution in [0.25, 0.3) is 0 Å². The maximum atomic E-state index is 11.2. The number of nitrogens with two attached hydrogens (primary N) is 1. The second-order valence-corrected chi connectivity index (χ2v) is 6.54. The van der Waals surface area contributed by atoms with Crippen molar-refractivity contribution < 1.29 is 9.53 Å². The summed E-state index contributed by atoms with van der Waals surface area (Å²) in [5.41, 5.74) is 10.2. The van der Waals surface area contributed by atoms with Crippen molar-refractivity contribution in [3.8, 4) is 5.75 Å². The highest BCUT2D eigenvalue weighted by atomic mass is 16.5. The monoisotopic (exact) mass is 360 g/mol. The number of carbonyl (C=O) groups excluding carboxylic acids is 1. The highest BCUT2D eigenvalue weighted by molar-refractivity contribution is 5.92. The normalized spacial score (nSPS) is 10.6. The second-order valence-electron chi connectivity index (χ2n) is 6.54. The first-order chi connectivity index (χ1) is 13.2. The van der Waals surface area contributed by atoms with Gasteiger partial charge in [-0.05, 0) is 53.4 Å². The third-order valence-electron chi connectivity index (χ3n) is 4.39. The lowest BCUT2D eigenvalue weighted by molar-refractivity contribution is 0.100. The number of benzene rings is 2. The summed E-state index contributed by atoms with van der Waals surface area (Å²) >= 11 is 0. The number of para-hydroxylation sites is 1. The molecular weight excluding hydrogens is 336 g/mol. The van der Waals surface area contributed by atoms with E-state index in [1.54, 1.807) is 12.1 Å². The molecule has 2 aromatic carbocycles. The van der Waals surface area contributed by atoms with Crippen LogP contribution in [0.5, 0.6) is 5.75 Å². The number of amides is 1. The Hall–Kier alpha value is -3.14. The molecule has 4 heteroatoms. The van der Waals surface area contributed by atoms with Crippen molar-refractivity contribution in [3.63, 3.8) is 0 Å². The second kappa shape index (κ2) is 8.99. The fraction of sp³-hybridized carbons (Fsp3) is 0.217. The van der Waals surface area contributed by atoms with Gasteiger partial charge in [-0.25, -0.2) is 0 Å². The van der Waals surface area contributed by atoms with Gasteiger partial charge in [-0.15, -0.1) is 0 Å². The molecule has 0 atom stereocenters. The van der Waals surface area contributed by atoms with E-state index in [-0.39, 0.29) is 0 Å². The van der Waals surface area contributed by atoms with E-state index < -0.39 is 5.91 Å². The van der Waals surface area contributed by atoms with Crippen LogP contribution in [0, 0.1) is 0 Å². The quantitative estimate of drug-likeness (QED) is 0.651. The highest BCUT2D eigenvalue weighted by Crippen LogP contribution is 2.21. The molecule has 0 aliphatic heterocycles. The number of rotatable bonds is 8. The van der Waals surface area contributed by atoms with Gasteiger partial charge in [0, 0.05) is 23.9 Å². The summed E-state index contributed by atoms with van der Waals surface area (Å²) in [6, 6.07) is 19.5. The van der Waals surface area contributed by atoms with Gasteiger partial charge in [0.05, 0.1) is 0 Å². The molecule has 0 saturated heterocycles. The van der Waals surface area contributed by atoms with Crippen molar-refractivity contribution in [2.45, 2.75) is 32.8 Å². The standard InChI is InChI=1S/C23H24N2O2/c1-2-5-19-6-3-4-7-22(19)27-16-18-12-13-25-21(15-18)14-17-8-10-20(11-9-17)23(24)26/h3-4,6-13,15H,2,5,14,16H2,1H3,(H2,24,26). The summed E-state index contributed by atoms with van der Waals surface area (Å²) in [7, 11) is 0. The van der Waals surface area contributed by atoms with Gasteiger partial charge in [-0.3, -0.25) is 9.78 Å². The van der Waals surface area contributed by atoms with Gasteiger partial charge in [-0.1, -0.05) is 43.7 Å². The van der Waals surface area contributed by atoms with Crippen molar-refractivity contribution in [3.05, 3.63) is 94.8 Å². The molecule has 1 aromatic heterocycles. The molecule has 0 aliphatic carbocycles. The molecule has 0 saturated carbocycles. The van der Waals surface area contributed by atoms with E-state index in [1.807, 2.05) is 42.6 Å². The summed E-state index contributed by atoms with van der Waals surface area (Å²) < 4.78 is 6.04. The van der Waals surface area contributed by atoms with Gasteiger partial charge in [-0.2, -0.15) is 0 Å². The molecule has 27 heavy (non-hydrogen) atoms. The average Bonchev–Trinajstić information content (AvgIpc) is 2.68. The number of aromatic nitrogens is 1. The van der Waals surface area contributed by atoms with E-state index >= 15 is 0 Å². The molecule has 138 valence electrons. The zero-order valence-corrected chi connectivity index (χ0v) is 15.5. The minimum absolute atomic E-state index is 0.415. The summed E-state index contributed by atoms with van der Waals surface area (Å²) in [4.78, 5) is 15.6. The van der Waals surface area contributed by atoms with Crippen LogP contribution in [-0.4, -0.2) is 10.9 Å². The molecule has 0 radical (unpaired) electrons. The van der Waals surface area contributed by atoms with Crippen molar-refractivity contribution in [1.29, 1.82) is 0 Å². The Bertz CT molecular complexity index is 904. The molecule has 0 aliphatic rings. The van der Waals surface area contributed by atoms with Crippen molar-refractivity contribution in [1.82, 2.24) is 4.98 Å². The molecular formula is C23H24N2O2. The molecule has 1 heterocycles. The minimum Gasteiger partial charge on any atom is -0.489 e. The van der Waals surface area contributed by atoms with Gasteiger partial charge in [0.2, 0.25) is 5.91 Å². The first-order valence-corrected chi connectivity index (χ1v) is 9.19. The predicted octanol–water partition coefficient (Wildman–Crippen LogP) is 4.30. The van der Waals surface area contributed by atoms with Gasteiger partial charge in [0.15, 0.2) is 0 Å². The lowest BCUT2D eigenvalue weighted by Gasteiger charge is -2.11. The topological polar surface area (TPSA) is 65.2 Å². The van der Waals surface area contributed by atoms with E-state index in [9.17, 15) is 4.79 Å². The van der Waals surface area contributed by atoms with Gasteiger partial charge in [0.1, 0.15) is 12.4 Å². The van der Waals surface area contributed by atoms with E-state index in [0.29, 0.717) is 18.6 Å².